The highest BCUT2D eigenvalue weighted by Crippen LogP contribution is 2.17. The van der Waals surface area contributed by atoms with Crippen LogP contribution >= 0.6 is 0 Å². The van der Waals surface area contributed by atoms with E-state index in [-0.39, 0.29) is 12.6 Å². The quantitative estimate of drug-likeness (QED) is 0.804. The zero-order chi connectivity index (χ0) is 17.4. The Morgan fingerprint density at radius 1 is 1.08 bits per heavy atom. The van der Waals surface area contributed by atoms with Gasteiger partial charge in [0.1, 0.15) is 5.75 Å². The molecule has 1 saturated carbocycles. The molecule has 0 bridgehead atoms. The minimum atomic E-state index is -0.527. The minimum absolute atomic E-state index is 0.137. The summed E-state index contributed by atoms with van der Waals surface area (Å²) in [6.07, 6.45) is 5.30. The standard InChI is InChI=1S/C17H22N2O5/c1-23-16(21)12-7-9-14(10-8-12)24-11-15(20)19-17(22)18-13-5-3-2-4-6-13/h7-10,13H,2-6,11H2,1H3,(H2,18,19,20,22). The van der Waals surface area contributed by atoms with E-state index in [0.29, 0.717) is 11.3 Å². The van der Waals surface area contributed by atoms with Crippen molar-refractivity contribution in [3.8, 4) is 5.75 Å². The molecule has 24 heavy (non-hydrogen) atoms. The van der Waals surface area contributed by atoms with E-state index < -0.39 is 17.9 Å². The maximum absolute atomic E-state index is 11.7. The number of benzene rings is 1. The average Bonchev–Trinajstić information content (AvgIpc) is 2.60. The summed E-state index contributed by atoms with van der Waals surface area (Å²) in [5.41, 5.74) is 0.390. The summed E-state index contributed by atoms with van der Waals surface area (Å²) in [5.74, 6) is -0.551. The third kappa shape index (κ3) is 5.57. The number of hydrogen-bond acceptors (Lipinski definition) is 5. The van der Waals surface area contributed by atoms with Crippen molar-refractivity contribution in [3.05, 3.63) is 29.8 Å². The van der Waals surface area contributed by atoms with Crippen LogP contribution in [0.4, 0.5) is 4.79 Å². The predicted octanol–water partition coefficient (Wildman–Crippen LogP) is 2.01. The Labute approximate surface area is 140 Å². The zero-order valence-electron chi connectivity index (χ0n) is 13.7. The Morgan fingerprint density at radius 3 is 2.38 bits per heavy atom. The van der Waals surface area contributed by atoms with Gasteiger partial charge >= 0.3 is 12.0 Å². The second-order valence-corrected chi connectivity index (χ2v) is 5.66. The predicted molar refractivity (Wildman–Crippen MR) is 86.8 cm³/mol. The van der Waals surface area contributed by atoms with E-state index in [2.05, 4.69) is 15.4 Å². The van der Waals surface area contributed by atoms with Crippen LogP contribution < -0.4 is 15.4 Å². The van der Waals surface area contributed by atoms with Crippen LogP contribution in [0.15, 0.2) is 24.3 Å². The molecule has 0 spiro atoms. The van der Waals surface area contributed by atoms with Crippen LogP contribution in [-0.4, -0.2) is 37.7 Å². The lowest BCUT2D eigenvalue weighted by Gasteiger charge is -2.22. The van der Waals surface area contributed by atoms with Crippen molar-refractivity contribution in [3.63, 3.8) is 0 Å². The van der Waals surface area contributed by atoms with Gasteiger partial charge < -0.3 is 14.8 Å². The summed E-state index contributed by atoms with van der Waals surface area (Å²) in [7, 11) is 1.30. The number of rotatable bonds is 5. The lowest BCUT2D eigenvalue weighted by molar-refractivity contribution is -0.122. The minimum Gasteiger partial charge on any atom is -0.484 e. The third-order valence-electron chi connectivity index (χ3n) is 3.84. The molecule has 2 N–H and O–H groups in total. The van der Waals surface area contributed by atoms with E-state index in [1.807, 2.05) is 0 Å². The van der Waals surface area contributed by atoms with Crippen LogP contribution in [0.1, 0.15) is 42.5 Å². The lowest BCUT2D eigenvalue weighted by atomic mass is 9.96. The maximum atomic E-state index is 11.7. The van der Waals surface area contributed by atoms with Gasteiger partial charge in [-0.2, -0.15) is 0 Å². The average molecular weight is 334 g/mol. The molecule has 0 unspecified atom stereocenters. The summed E-state index contributed by atoms with van der Waals surface area (Å²) in [6, 6.07) is 5.84. The number of esters is 1. The van der Waals surface area contributed by atoms with Crippen molar-refractivity contribution in [2.24, 2.45) is 0 Å². The Balaban J connectivity index is 1.72. The first-order valence-corrected chi connectivity index (χ1v) is 8.00. The van der Waals surface area contributed by atoms with E-state index in [0.717, 1.165) is 25.7 Å². The normalized spacial score (nSPS) is 14.5. The zero-order valence-corrected chi connectivity index (χ0v) is 13.7. The summed E-state index contributed by atoms with van der Waals surface area (Å²) in [6.45, 7) is -0.282. The van der Waals surface area contributed by atoms with Gasteiger partial charge in [-0.15, -0.1) is 0 Å². The Kier molecular flexibility index (Phi) is 6.60. The van der Waals surface area contributed by atoms with E-state index in [4.69, 9.17) is 4.74 Å². The van der Waals surface area contributed by atoms with Crippen LogP contribution in [0, 0.1) is 0 Å². The lowest BCUT2D eigenvalue weighted by Crippen LogP contribution is -2.46. The van der Waals surface area contributed by atoms with Gasteiger partial charge in [-0.3, -0.25) is 10.1 Å². The van der Waals surface area contributed by atoms with Crippen molar-refractivity contribution in [2.45, 2.75) is 38.1 Å². The summed E-state index contributed by atoms with van der Waals surface area (Å²) in [5, 5.41) is 5.04. The monoisotopic (exact) mass is 334 g/mol. The van der Waals surface area contributed by atoms with Gasteiger partial charge in [0.05, 0.1) is 12.7 Å². The molecule has 7 heteroatoms. The second kappa shape index (κ2) is 8.90. The molecule has 1 fully saturated rings. The summed E-state index contributed by atoms with van der Waals surface area (Å²) < 4.78 is 9.87. The van der Waals surface area contributed by atoms with Gasteiger partial charge in [0.25, 0.3) is 5.91 Å². The second-order valence-electron chi connectivity index (χ2n) is 5.66. The molecule has 2 rings (SSSR count). The Bertz CT molecular complexity index is 579. The van der Waals surface area contributed by atoms with Crippen LogP contribution in [-0.2, 0) is 9.53 Å². The first-order chi connectivity index (χ1) is 11.6. The molecule has 7 nitrogen and oxygen atoms in total. The van der Waals surface area contributed by atoms with Gasteiger partial charge in [-0.1, -0.05) is 19.3 Å². The van der Waals surface area contributed by atoms with Gasteiger partial charge in [-0.25, -0.2) is 9.59 Å². The van der Waals surface area contributed by atoms with E-state index in [9.17, 15) is 14.4 Å². The molecule has 1 aromatic carbocycles. The number of urea groups is 1. The van der Waals surface area contributed by atoms with E-state index in [1.54, 1.807) is 12.1 Å². The smallest absolute Gasteiger partial charge is 0.337 e. The SMILES string of the molecule is COC(=O)c1ccc(OCC(=O)NC(=O)NC2CCCCC2)cc1. The first-order valence-electron chi connectivity index (χ1n) is 8.00. The summed E-state index contributed by atoms with van der Waals surface area (Å²) >= 11 is 0. The van der Waals surface area contributed by atoms with Crippen LogP contribution in [0.2, 0.25) is 0 Å². The number of hydrogen-bond donors (Lipinski definition) is 2. The molecule has 3 amide bonds. The van der Waals surface area contributed by atoms with Crippen LogP contribution in [0.5, 0.6) is 5.75 Å². The highest BCUT2D eigenvalue weighted by molar-refractivity contribution is 5.95. The van der Waals surface area contributed by atoms with E-state index in [1.165, 1.54) is 25.7 Å². The van der Waals surface area contributed by atoms with Crippen LogP contribution in [0.3, 0.4) is 0 Å². The van der Waals surface area contributed by atoms with Gasteiger partial charge in [0.15, 0.2) is 6.61 Å². The number of nitrogens with one attached hydrogen (secondary N) is 2. The fourth-order valence-corrected chi connectivity index (χ4v) is 2.59. The molecule has 0 aliphatic heterocycles. The number of imide groups is 1. The summed E-state index contributed by atoms with van der Waals surface area (Å²) in [4.78, 5) is 34.8. The molecule has 0 atom stereocenters. The molecule has 0 aromatic heterocycles. The van der Waals surface area contributed by atoms with Crippen LogP contribution in [0.25, 0.3) is 0 Å². The fourth-order valence-electron chi connectivity index (χ4n) is 2.59. The number of methoxy groups -OCH3 is 1. The highest BCUT2D eigenvalue weighted by atomic mass is 16.5. The Hall–Kier alpha value is -2.57. The van der Waals surface area contributed by atoms with Gasteiger partial charge in [0.2, 0.25) is 0 Å². The molecule has 0 heterocycles. The molecule has 0 saturated heterocycles. The molecular weight excluding hydrogens is 312 g/mol. The molecule has 1 aliphatic rings. The largest absolute Gasteiger partial charge is 0.484 e. The number of carbonyl (C=O) groups is 3. The number of ether oxygens (including phenoxy) is 2. The van der Waals surface area contributed by atoms with E-state index >= 15 is 0 Å². The highest BCUT2D eigenvalue weighted by Gasteiger charge is 2.17. The number of amides is 3. The van der Waals surface area contributed by atoms with Crippen molar-refractivity contribution in [1.29, 1.82) is 0 Å². The number of carbonyl (C=O) groups excluding carboxylic acids is 3. The van der Waals surface area contributed by atoms with Gasteiger partial charge in [0, 0.05) is 6.04 Å². The third-order valence-corrected chi connectivity index (χ3v) is 3.84. The molecular formula is C17H22N2O5. The Morgan fingerprint density at radius 2 is 1.75 bits per heavy atom. The molecule has 0 radical (unpaired) electrons. The van der Waals surface area contributed by atoms with Crippen molar-refractivity contribution >= 4 is 17.9 Å². The van der Waals surface area contributed by atoms with Crippen molar-refractivity contribution in [1.82, 2.24) is 10.6 Å². The van der Waals surface area contributed by atoms with Gasteiger partial charge in [-0.05, 0) is 37.1 Å². The van der Waals surface area contributed by atoms with Crippen molar-refractivity contribution in [2.75, 3.05) is 13.7 Å². The molecule has 1 aliphatic carbocycles. The maximum Gasteiger partial charge on any atom is 0.337 e. The first kappa shape index (κ1) is 17.8. The van der Waals surface area contributed by atoms with Crippen molar-refractivity contribution < 1.29 is 23.9 Å². The fraction of sp³-hybridized carbons (Fsp3) is 0.471. The topological polar surface area (TPSA) is 93.7 Å². The molecule has 1 aromatic rings. The molecule has 130 valence electrons.